The van der Waals surface area contributed by atoms with Crippen molar-refractivity contribution in [1.82, 2.24) is 20.1 Å². The second-order valence-corrected chi connectivity index (χ2v) is 6.93. The van der Waals surface area contributed by atoms with Gasteiger partial charge < -0.3 is 4.90 Å². The quantitative estimate of drug-likeness (QED) is 0.728. The summed E-state index contributed by atoms with van der Waals surface area (Å²) in [4.78, 5) is 18.9. The monoisotopic (exact) mass is 346 g/mol. The molecular weight excluding hydrogens is 324 g/mol. The third kappa shape index (κ3) is 3.72. The van der Waals surface area contributed by atoms with Crippen molar-refractivity contribution in [2.75, 3.05) is 13.1 Å². The van der Waals surface area contributed by atoms with Gasteiger partial charge in [-0.15, -0.1) is 5.10 Å². The molecule has 1 aliphatic heterocycles. The Morgan fingerprint density at radius 3 is 2.88 bits per heavy atom. The molecule has 0 spiro atoms. The highest BCUT2D eigenvalue weighted by molar-refractivity contribution is 5.92. The second kappa shape index (κ2) is 7.60. The van der Waals surface area contributed by atoms with Crippen LogP contribution in [-0.4, -0.2) is 39.1 Å². The molecule has 1 saturated heterocycles. The van der Waals surface area contributed by atoms with Gasteiger partial charge in [-0.05, 0) is 67.5 Å². The molecule has 132 valence electrons. The largest absolute Gasteiger partial charge is 0.337 e. The van der Waals surface area contributed by atoms with Gasteiger partial charge in [-0.3, -0.25) is 9.78 Å². The molecule has 26 heavy (non-hydrogen) atoms. The lowest BCUT2D eigenvalue weighted by molar-refractivity contribution is 0.0753. The normalized spacial score (nSPS) is 17.8. The van der Waals surface area contributed by atoms with Crippen LogP contribution in [0.4, 0.5) is 0 Å². The van der Waals surface area contributed by atoms with Crippen molar-refractivity contribution in [3.05, 3.63) is 66.1 Å². The van der Waals surface area contributed by atoms with E-state index in [9.17, 15) is 4.79 Å². The average molecular weight is 346 g/mol. The lowest BCUT2D eigenvalue weighted by Gasteiger charge is -2.20. The fourth-order valence-electron chi connectivity index (χ4n) is 3.74. The molecule has 3 aromatic rings. The molecule has 5 heteroatoms. The van der Waals surface area contributed by atoms with Gasteiger partial charge in [-0.2, -0.15) is 5.10 Å². The topological polar surface area (TPSA) is 59.0 Å². The number of likely N-dealkylation sites (tertiary alicyclic amines) is 1. The SMILES string of the molecule is O=C(c1cccnn1)N1CCC[C@H](Cc2ccc3ncccc3c2)CC1. The van der Waals surface area contributed by atoms with E-state index in [0.29, 0.717) is 11.6 Å². The molecule has 0 saturated carbocycles. The summed E-state index contributed by atoms with van der Waals surface area (Å²) < 4.78 is 0. The van der Waals surface area contributed by atoms with E-state index in [0.717, 1.165) is 44.3 Å². The Kier molecular flexibility index (Phi) is 4.86. The molecule has 4 rings (SSSR count). The Bertz CT molecular complexity index is 897. The van der Waals surface area contributed by atoms with E-state index in [1.165, 1.54) is 10.9 Å². The molecule has 5 nitrogen and oxygen atoms in total. The first-order valence-corrected chi connectivity index (χ1v) is 9.20. The van der Waals surface area contributed by atoms with Gasteiger partial charge in [0.2, 0.25) is 0 Å². The van der Waals surface area contributed by atoms with Gasteiger partial charge >= 0.3 is 0 Å². The van der Waals surface area contributed by atoms with E-state index in [2.05, 4.69) is 39.4 Å². The van der Waals surface area contributed by atoms with Gasteiger partial charge in [0.1, 0.15) is 0 Å². The van der Waals surface area contributed by atoms with E-state index in [-0.39, 0.29) is 5.91 Å². The third-order valence-corrected chi connectivity index (χ3v) is 5.12. The molecule has 0 unspecified atom stereocenters. The highest BCUT2D eigenvalue weighted by Gasteiger charge is 2.22. The lowest BCUT2D eigenvalue weighted by atomic mass is 9.92. The highest BCUT2D eigenvalue weighted by atomic mass is 16.2. The Labute approximate surface area is 153 Å². The van der Waals surface area contributed by atoms with Crippen LogP contribution >= 0.6 is 0 Å². The number of benzene rings is 1. The Morgan fingerprint density at radius 1 is 1.08 bits per heavy atom. The van der Waals surface area contributed by atoms with Crippen molar-refractivity contribution in [3.8, 4) is 0 Å². The van der Waals surface area contributed by atoms with Gasteiger partial charge in [0.05, 0.1) is 5.52 Å². The van der Waals surface area contributed by atoms with Gasteiger partial charge in [-0.25, -0.2) is 0 Å². The molecule has 1 amide bonds. The molecule has 1 fully saturated rings. The summed E-state index contributed by atoms with van der Waals surface area (Å²) >= 11 is 0. The summed E-state index contributed by atoms with van der Waals surface area (Å²) in [7, 11) is 0. The first kappa shape index (κ1) is 16.6. The summed E-state index contributed by atoms with van der Waals surface area (Å²) in [6.07, 6.45) is 7.68. The van der Waals surface area contributed by atoms with Crippen LogP contribution in [0.3, 0.4) is 0 Å². The number of pyridine rings is 1. The molecular formula is C21H22N4O. The van der Waals surface area contributed by atoms with Crippen molar-refractivity contribution in [3.63, 3.8) is 0 Å². The number of rotatable bonds is 3. The maximum absolute atomic E-state index is 12.6. The lowest BCUT2D eigenvalue weighted by Crippen LogP contribution is -2.32. The van der Waals surface area contributed by atoms with Crippen LogP contribution in [0.2, 0.25) is 0 Å². The first-order chi connectivity index (χ1) is 12.8. The summed E-state index contributed by atoms with van der Waals surface area (Å²) in [6, 6.07) is 14.1. The standard InChI is InChI=1S/C21H22N4O/c26-21(20-6-2-11-23-24-20)25-12-3-4-16(9-13-25)14-17-7-8-19-18(15-17)5-1-10-22-19/h1-2,5-8,10-11,15-16H,3-4,9,12-14H2/t16-/m0/s1. The van der Waals surface area contributed by atoms with Crippen LogP contribution in [-0.2, 0) is 6.42 Å². The van der Waals surface area contributed by atoms with Crippen LogP contribution in [0.5, 0.6) is 0 Å². The molecule has 2 aromatic heterocycles. The minimum atomic E-state index is -0.00414. The molecule has 0 aliphatic carbocycles. The molecule has 0 bridgehead atoms. The van der Waals surface area contributed by atoms with Gasteiger partial charge in [0.25, 0.3) is 5.91 Å². The molecule has 3 heterocycles. The van der Waals surface area contributed by atoms with E-state index < -0.39 is 0 Å². The number of hydrogen-bond acceptors (Lipinski definition) is 4. The van der Waals surface area contributed by atoms with E-state index in [1.54, 1.807) is 18.3 Å². The van der Waals surface area contributed by atoms with E-state index >= 15 is 0 Å². The number of carbonyl (C=O) groups is 1. The summed E-state index contributed by atoms with van der Waals surface area (Å²) in [5.41, 5.74) is 2.83. The average Bonchev–Trinajstić information content (AvgIpc) is 2.93. The second-order valence-electron chi connectivity index (χ2n) is 6.93. The van der Waals surface area contributed by atoms with E-state index in [1.807, 2.05) is 17.2 Å². The molecule has 1 aromatic carbocycles. The third-order valence-electron chi connectivity index (χ3n) is 5.12. The number of nitrogens with zero attached hydrogens (tertiary/aromatic N) is 4. The first-order valence-electron chi connectivity index (χ1n) is 9.20. The number of hydrogen-bond donors (Lipinski definition) is 0. The van der Waals surface area contributed by atoms with Gasteiger partial charge in [0.15, 0.2) is 5.69 Å². The predicted octanol–water partition coefficient (Wildman–Crippen LogP) is 3.51. The Morgan fingerprint density at radius 2 is 2.00 bits per heavy atom. The highest BCUT2D eigenvalue weighted by Crippen LogP contribution is 2.24. The van der Waals surface area contributed by atoms with Crippen molar-refractivity contribution >= 4 is 16.8 Å². The van der Waals surface area contributed by atoms with Crippen LogP contribution in [0.25, 0.3) is 10.9 Å². The van der Waals surface area contributed by atoms with Crippen molar-refractivity contribution in [2.24, 2.45) is 5.92 Å². The van der Waals surface area contributed by atoms with Gasteiger partial charge in [-0.1, -0.05) is 12.1 Å². The number of carbonyl (C=O) groups excluding carboxylic acids is 1. The Balaban J connectivity index is 1.41. The molecule has 1 atom stereocenters. The zero-order valence-corrected chi connectivity index (χ0v) is 14.7. The van der Waals surface area contributed by atoms with Crippen molar-refractivity contribution < 1.29 is 4.79 Å². The molecule has 0 N–H and O–H groups in total. The van der Waals surface area contributed by atoms with E-state index in [4.69, 9.17) is 0 Å². The molecule has 1 aliphatic rings. The zero-order chi connectivity index (χ0) is 17.8. The summed E-state index contributed by atoms with van der Waals surface area (Å²) in [6.45, 7) is 1.59. The zero-order valence-electron chi connectivity index (χ0n) is 14.7. The summed E-state index contributed by atoms with van der Waals surface area (Å²) in [5, 5.41) is 8.96. The number of fused-ring (bicyclic) bond motifs is 1. The fraction of sp³-hybridized carbons (Fsp3) is 0.333. The van der Waals surface area contributed by atoms with Crippen LogP contribution in [0.1, 0.15) is 35.3 Å². The predicted molar refractivity (Wildman–Crippen MR) is 101 cm³/mol. The van der Waals surface area contributed by atoms with Crippen LogP contribution < -0.4 is 0 Å². The fourth-order valence-corrected chi connectivity index (χ4v) is 3.74. The van der Waals surface area contributed by atoms with Gasteiger partial charge in [0, 0.05) is 30.9 Å². The van der Waals surface area contributed by atoms with Crippen molar-refractivity contribution in [2.45, 2.75) is 25.7 Å². The van der Waals surface area contributed by atoms with Crippen LogP contribution in [0, 0.1) is 5.92 Å². The maximum atomic E-state index is 12.6. The van der Waals surface area contributed by atoms with Crippen LogP contribution in [0.15, 0.2) is 54.9 Å². The maximum Gasteiger partial charge on any atom is 0.274 e. The van der Waals surface area contributed by atoms with Crippen molar-refractivity contribution in [1.29, 1.82) is 0 Å². The smallest absolute Gasteiger partial charge is 0.274 e. The minimum Gasteiger partial charge on any atom is -0.337 e. The molecule has 0 radical (unpaired) electrons. The number of aromatic nitrogens is 3. The minimum absolute atomic E-state index is 0.00414. The summed E-state index contributed by atoms with van der Waals surface area (Å²) in [5.74, 6) is 0.597. The number of amides is 1. The Hall–Kier alpha value is -2.82.